The van der Waals surface area contributed by atoms with Gasteiger partial charge >= 0.3 is 6.01 Å². The van der Waals surface area contributed by atoms with Crippen LogP contribution in [0.4, 0.5) is 5.82 Å². The van der Waals surface area contributed by atoms with Crippen molar-refractivity contribution in [2.75, 3.05) is 38.2 Å². The number of anilines is 1. The van der Waals surface area contributed by atoms with Gasteiger partial charge in [0.1, 0.15) is 5.82 Å². The van der Waals surface area contributed by atoms with Crippen LogP contribution in [0.1, 0.15) is 31.0 Å². The van der Waals surface area contributed by atoms with Crippen molar-refractivity contribution in [2.45, 2.75) is 32.6 Å². The Balaban J connectivity index is 1.95. The second-order valence-electron chi connectivity index (χ2n) is 5.88. The SMILES string of the molecule is COc1nc2c(c(N3CCC(C)CC3)n1)CCNCC2. The van der Waals surface area contributed by atoms with E-state index in [1.807, 2.05) is 0 Å². The molecule has 2 aliphatic rings. The summed E-state index contributed by atoms with van der Waals surface area (Å²) in [4.78, 5) is 11.6. The average molecular weight is 276 g/mol. The van der Waals surface area contributed by atoms with Gasteiger partial charge in [-0.15, -0.1) is 0 Å². The molecule has 5 nitrogen and oxygen atoms in total. The van der Waals surface area contributed by atoms with Crippen molar-refractivity contribution in [3.63, 3.8) is 0 Å². The highest BCUT2D eigenvalue weighted by molar-refractivity contribution is 5.51. The Labute approximate surface area is 120 Å². The van der Waals surface area contributed by atoms with Crippen LogP contribution in [0.5, 0.6) is 6.01 Å². The molecule has 2 aliphatic heterocycles. The topological polar surface area (TPSA) is 50.3 Å². The van der Waals surface area contributed by atoms with Crippen molar-refractivity contribution in [3.8, 4) is 6.01 Å². The first kappa shape index (κ1) is 13.6. The lowest BCUT2D eigenvalue weighted by atomic mass is 9.98. The normalized spacial score (nSPS) is 20.4. The zero-order valence-corrected chi connectivity index (χ0v) is 12.5. The van der Waals surface area contributed by atoms with Gasteiger partial charge in [-0.05, 0) is 31.7 Å². The van der Waals surface area contributed by atoms with Gasteiger partial charge in [-0.3, -0.25) is 0 Å². The Morgan fingerprint density at radius 2 is 1.90 bits per heavy atom. The third kappa shape index (κ3) is 2.73. The molecule has 1 fully saturated rings. The van der Waals surface area contributed by atoms with E-state index in [0.717, 1.165) is 56.5 Å². The fourth-order valence-electron chi connectivity index (χ4n) is 3.08. The van der Waals surface area contributed by atoms with Crippen LogP contribution in [0, 0.1) is 5.92 Å². The third-order valence-electron chi connectivity index (χ3n) is 4.41. The summed E-state index contributed by atoms with van der Waals surface area (Å²) in [5.41, 5.74) is 2.49. The molecule has 1 N–H and O–H groups in total. The molecule has 0 radical (unpaired) electrons. The Morgan fingerprint density at radius 3 is 2.65 bits per heavy atom. The molecular weight excluding hydrogens is 252 g/mol. The van der Waals surface area contributed by atoms with Crippen LogP contribution in [-0.2, 0) is 12.8 Å². The van der Waals surface area contributed by atoms with E-state index in [1.165, 1.54) is 18.4 Å². The maximum absolute atomic E-state index is 5.30. The van der Waals surface area contributed by atoms with Gasteiger partial charge in [0, 0.05) is 31.6 Å². The van der Waals surface area contributed by atoms with Crippen molar-refractivity contribution in [3.05, 3.63) is 11.3 Å². The summed E-state index contributed by atoms with van der Waals surface area (Å²) in [5, 5.41) is 3.44. The summed E-state index contributed by atoms with van der Waals surface area (Å²) >= 11 is 0. The van der Waals surface area contributed by atoms with E-state index in [2.05, 4.69) is 27.1 Å². The summed E-state index contributed by atoms with van der Waals surface area (Å²) in [6.07, 6.45) is 4.48. The monoisotopic (exact) mass is 276 g/mol. The first-order valence-electron chi connectivity index (χ1n) is 7.67. The van der Waals surface area contributed by atoms with E-state index in [-0.39, 0.29) is 0 Å². The number of nitrogens with one attached hydrogen (secondary N) is 1. The largest absolute Gasteiger partial charge is 0.467 e. The highest BCUT2D eigenvalue weighted by Crippen LogP contribution is 2.29. The number of rotatable bonds is 2. The van der Waals surface area contributed by atoms with Crippen LogP contribution in [0.15, 0.2) is 0 Å². The second-order valence-corrected chi connectivity index (χ2v) is 5.88. The molecule has 3 rings (SSSR count). The van der Waals surface area contributed by atoms with Gasteiger partial charge in [-0.1, -0.05) is 6.92 Å². The Kier molecular flexibility index (Phi) is 4.05. The molecule has 5 heteroatoms. The Hall–Kier alpha value is -1.36. The molecule has 0 unspecified atom stereocenters. The minimum atomic E-state index is 0.513. The van der Waals surface area contributed by atoms with Crippen molar-refractivity contribution < 1.29 is 4.74 Å². The first-order valence-corrected chi connectivity index (χ1v) is 7.67. The van der Waals surface area contributed by atoms with Crippen molar-refractivity contribution in [2.24, 2.45) is 5.92 Å². The van der Waals surface area contributed by atoms with Gasteiger partial charge in [-0.2, -0.15) is 9.97 Å². The zero-order valence-electron chi connectivity index (χ0n) is 12.5. The second kappa shape index (κ2) is 5.95. The minimum Gasteiger partial charge on any atom is -0.467 e. The van der Waals surface area contributed by atoms with Gasteiger partial charge in [0.25, 0.3) is 0 Å². The van der Waals surface area contributed by atoms with Crippen LogP contribution in [0.3, 0.4) is 0 Å². The van der Waals surface area contributed by atoms with Crippen LogP contribution in [0.2, 0.25) is 0 Å². The molecule has 0 spiro atoms. The molecule has 1 aromatic rings. The first-order chi connectivity index (χ1) is 9.78. The molecule has 0 saturated carbocycles. The van der Waals surface area contributed by atoms with Crippen LogP contribution >= 0.6 is 0 Å². The molecule has 0 bridgehead atoms. The Morgan fingerprint density at radius 1 is 1.15 bits per heavy atom. The molecule has 3 heterocycles. The predicted octanol–water partition coefficient (Wildman–Crippen LogP) is 1.41. The maximum atomic E-state index is 5.30. The molecule has 0 atom stereocenters. The summed E-state index contributed by atoms with van der Waals surface area (Å²) < 4.78 is 5.30. The molecule has 0 aliphatic carbocycles. The van der Waals surface area contributed by atoms with E-state index in [0.29, 0.717) is 6.01 Å². The quantitative estimate of drug-likeness (QED) is 0.885. The number of aromatic nitrogens is 2. The number of ether oxygens (including phenoxy) is 1. The van der Waals surface area contributed by atoms with Crippen molar-refractivity contribution in [1.82, 2.24) is 15.3 Å². The van der Waals surface area contributed by atoms with Crippen LogP contribution < -0.4 is 15.0 Å². The summed E-state index contributed by atoms with van der Waals surface area (Å²) in [5.74, 6) is 1.94. The highest BCUT2D eigenvalue weighted by atomic mass is 16.5. The van der Waals surface area contributed by atoms with E-state index >= 15 is 0 Å². The number of piperidine rings is 1. The van der Waals surface area contributed by atoms with E-state index in [9.17, 15) is 0 Å². The van der Waals surface area contributed by atoms with E-state index in [4.69, 9.17) is 4.74 Å². The Bertz CT molecular complexity index is 469. The van der Waals surface area contributed by atoms with Crippen LogP contribution in [0.25, 0.3) is 0 Å². The number of fused-ring (bicyclic) bond motifs is 1. The predicted molar refractivity (Wildman–Crippen MR) is 79.5 cm³/mol. The average Bonchev–Trinajstić information content (AvgIpc) is 2.72. The van der Waals surface area contributed by atoms with E-state index in [1.54, 1.807) is 7.11 Å². The molecule has 1 aromatic heterocycles. The third-order valence-corrected chi connectivity index (χ3v) is 4.41. The van der Waals surface area contributed by atoms with Crippen molar-refractivity contribution in [1.29, 1.82) is 0 Å². The van der Waals surface area contributed by atoms with Gasteiger partial charge in [0.05, 0.1) is 12.8 Å². The molecule has 1 saturated heterocycles. The fraction of sp³-hybridized carbons (Fsp3) is 0.733. The summed E-state index contributed by atoms with van der Waals surface area (Å²) in [6, 6.07) is 0.513. The number of methoxy groups -OCH3 is 1. The lowest BCUT2D eigenvalue weighted by Crippen LogP contribution is -2.34. The lowest BCUT2D eigenvalue weighted by molar-refractivity contribution is 0.375. The minimum absolute atomic E-state index is 0.513. The highest BCUT2D eigenvalue weighted by Gasteiger charge is 2.24. The molecule has 110 valence electrons. The fourth-order valence-corrected chi connectivity index (χ4v) is 3.08. The molecule has 0 amide bonds. The van der Waals surface area contributed by atoms with Crippen molar-refractivity contribution >= 4 is 5.82 Å². The van der Waals surface area contributed by atoms with Gasteiger partial charge in [0.2, 0.25) is 0 Å². The zero-order chi connectivity index (χ0) is 13.9. The molecule has 0 aromatic carbocycles. The standard InChI is InChI=1S/C15H24N4O/c1-11-5-9-19(10-6-11)14-12-3-7-16-8-4-13(12)17-15(18-14)20-2/h11,16H,3-10H2,1-2H3. The summed E-state index contributed by atoms with van der Waals surface area (Å²) in [7, 11) is 1.65. The summed E-state index contributed by atoms with van der Waals surface area (Å²) in [6.45, 7) is 6.54. The number of nitrogens with zero attached hydrogens (tertiary/aromatic N) is 3. The van der Waals surface area contributed by atoms with Gasteiger partial charge in [-0.25, -0.2) is 0 Å². The van der Waals surface area contributed by atoms with Gasteiger partial charge in [0.15, 0.2) is 0 Å². The number of hydrogen-bond acceptors (Lipinski definition) is 5. The van der Waals surface area contributed by atoms with E-state index < -0.39 is 0 Å². The maximum Gasteiger partial charge on any atom is 0.318 e. The number of hydrogen-bond donors (Lipinski definition) is 1. The van der Waals surface area contributed by atoms with Gasteiger partial charge < -0.3 is 15.0 Å². The molecule has 20 heavy (non-hydrogen) atoms. The smallest absolute Gasteiger partial charge is 0.318 e. The lowest BCUT2D eigenvalue weighted by Gasteiger charge is -2.32. The van der Waals surface area contributed by atoms with Crippen LogP contribution in [-0.4, -0.2) is 43.3 Å². The molecular formula is C15H24N4O.